The normalized spacial score (nSPS) is 28.0. The van der Waals surface area contributed by atoms with E-state index in [9.17, 15) is 9.90 Å². The molecule has 1 amide bonds. The quantitative estimate of drug-likeness (QED) is 0.881. The van der Waals surface area contributed by atoms with Crippen LogP contribution in [-0.4, -0.2) is 60.3 Å². The van der Waals surface area contributed by atoms with Crippen molar-refractivity contribution in [3.63, 3.8) is 0 Å². The minimum absolute atomic E-state index is 0.0537. The van der Waals surface area contributed by atoms with E-state index < -0.39 is 0 Å². The third-order valence-corrected chi connectivity index (χ3v) is 6.13. The van der Waals surface area contributed by atoms with E-state index in [1.807, 2.05) is 24.3 Å². The molecule has 3 fully saturated rings. The van der Waals surface area contributed by atoms with Crippen molar-refractivity contribution in [3.8, 4) is 0 Å². The first-order valence-corrected chi connectivity index (χ1v) is 9.79. The fourth-order valence-electron chi connectivity index (χ4n) is 4.62. The number of aliphatic hydroxyl groups excluding tert-OH is 1. The molecule has 5 heteroatoms. The number of hydrogen-bond acceptors (Lipinski definition) is 4. The number of benzene rings is 1. The van der Waals surface area contributed by atoms with Gasteiger partial charge in [0.1, 0.15) is 0 Å². The molecular weight excluding hydrogens is 314 g/mol. The molecular formula is C20H29N3O2. The largest absolute Gasteiger partial charge is 0.393 e. The fraction of sp³-hybridized carbons (Fsp3) is 0.650. The van der Waals surface area contributed by atoms with E-state index in [1.165, 1.54) is 25.8 Å². The van der Waals surface area contributed by atoms with Gasteiger partial charge in [-0.05, 0) is 62.9 Å². The van der Waals surface area contributed by atoms with Gasteiger partial charge in [0.25, 0.3) is 5.91 Å². The van der Waals surface area contributed by atoms with Crippen molar-refractivity contribution in [2.45, 2.75) is 56.7 Å². The van der Waals surface area contributed by atoms with Crippen LogP contribution in [0.2, 0.25) is 0 Å². The standard InChI is InChI=1S/C20H29N3O2/c24-17-8-12-22(13-9-17)16-6-4-15(5-7-16)20(25)21-18-10-14-23-11-2-1-3-19(18)23/h4-7,17-19,24H,1-3,8-14H2,(H,21,25). The molecule has 1 aromatic rings. The summed E-state index contributed by atoms with van der Waals surface area (Å²) in [5.41, 5.74) is 1.89. The molecule has 0 aromatic heterocycles. The number of hydrogen-bond donors (Lipinski definition) is 2. The summed E-state index contributed by atoms with van der Waals surface area (Å²) in [6.07, 6.45) is 6.35. The average molecular weight is 343 g/mol. The third-order valence-electron chi connectivity index (χ3n) is 6.13. The molecule has 2 unspecified atom stereocenters. The lowest BCUT2D eigenvalue weighted by molar-refractivity contribution is 0.0915. The first kappa shape index (κ1) is 16.9. The molecule has 136 valence electrons. The van der Waals surface area contributed by atoms with Crippen molar-refractivity contribution >= 4 is 11.6 Å². The maximum atomic E-state index is 12.6. The van der Waals surface area contributed by atoms with E-state index in [0.717, 1.165) is 50.1 Å². The molecule has 2 atom stereocenters. The Bertz CT molecular complexity index is 595. The molecule has 0 radical (unpaired) electrons. The van der Waals surface area contributed by atoms with Gasteiger partial charge in [0, 0.05) is 43.0 Å². The van der Waals surface area contributed by atoms with E-state index in [0.29, 0.717) is 12.1 Å². The Balaban J connectivity index is 1.36. The van der Waals surface area contributed by atoms with Crippen LogP contribution in [0.4, 0.5) is 5.69 Å². The molecule has 0 spiro atoms. The number of anilines is 1. The molecule has 4 rings (SSSR count). The first-order chi connectivity index (χ1) is 12.2. The van der Waals surface area contributed by atoms with Crippen LogP contribution in [0.25, 0.3) is 0 Å². The molecule has 3 saturated heterocycles. The second-order valence-corrected chi connectivity index (χ2v) is 7.73. The lowest BCUT2D eigenvalue weighted by Gasteiger charge is -2.32. The van der Waals surface area contributed by atoms with Gasteiger partial charge in [0.2, 0.25) is 0 Å². The zero-order chi connectivity index (χ0) is 17.2. The van der Waals surface area contributed by atoms with Crippen molar-refractivity contribution in [1.82, 2.24) is 10.2 Å². The highest BCUT2D eigenvalue weighted by Crippen LogP contribution is 2.27. The van der Waals surface area contributed by atoms with Gasteiger partial charge >= 0.3 is 0 Å². The number of aliphatic hydroxyl groups is 1. The monoisotopic (exact) mass is 343 g/mol. The third kappa shape index (κ3) is 3.67. The molecule has 25 heavy (non-hydrogen) atoms. The van der Waals surface area contributed by atoms with E-state index in [1.54, 1.807) is 0 Å². The summed E-state index contributed by atoms with van der Waals surface area (Å²) in [4.78, 5) is 17.5. The predicted molar refractivity (Wildman–Crippen MR) is 99.0 cm³/mol. The second kappa shape index (κ2) is 7.34. The van der Waals surface area contributed by atoms with Gasteiger partial charge in [0.15, 0.2) is 0 Å². The summed E-state index contributed by atoms with van der Waals surface area (Å²) in [5, 5.41) is 12.9. The highest BCUT2D eigenvalue weighted by Gasteiger charge is 2.36. The van der Waals surface area contributed by atoms with Crippen LogP contribution in [0.3, 0.4) is 0 Å². The van der Waals surface area contributed by atoms with E-state index in [4.69, 9.17) is 0 Å². The van der Waals surface area contributed by atoms with E-state index in [-0.39, 0.29) is 12.0 Å². The average Bonchev–Trinajstić information content (AvgIpc) is 3.06. The van der Waals surface area contributed by atoms with Crippen molar-refractivity contribution < 1.29 is 9.90 Å². The van der Waals surface area contributed by atoms with Crippen molar-refractivity contribution in [2.24, 2.45) is 0 Å². The Kier molecular flexibility index (Phi) is 4.95. The fourth-order valence-corrected chi connectivity index (χ4v) is 4.62. The summed E-state index contributed by atoms with van der Waals surface area (Å²) in [6.45, 7) is 4.07. The Hall–Kier alpha value is -1.59. The van der Waals surface area contributed by atoms with E-state index in [2.05, 4.69) is 15.1 Å². The maximum Gasteiger partial charge on any atom is 0.251 e. The number of piperidine rings is 2. The zero-order valence-corrected chi connectivity index (χ0v) is 14.9. The topological polar surface area (TPSA) is 55.8 Å². The highest BCUT2D eigenvalue weighted by atomic mass is 16.3. The SMILES string of the molecule is O=C(NC1CCN2CCCCC12)c1ccc(N2CCC(O)CC2)cc1. The van der Waals surface area contributed by atoms with Gasteiger partial charge in [-0.2, -0.15) is 0 Å². The van der Waals surface area contributed by atoms with Gasteiger partial charge in [-0.15, -0.1) is 0 Å². The molecule has 2 N–H and O–H groups in total. The molecule has 0 saturated carbocycles. The Morgan fingerprint density at radius 3 is 2.48 bits per heavy atom. The van der Waals surface area contributed by atoms with Crippen LogP contribution in [0.15, 0.2) is 24.3 Å². The highest BCUT2D eigenvalue weighted by molar-refractivity contribution is 5.94. The molecule has 0 bridgehead atoms. The number of nitrogens with zero attached hydrogens (tertiary/aromatic N) is 2. The molecule has 1 aromatic carbocycles. The van der Waals surface area contributed by atoms with Crippen molar-refractivity contribution in [1.29, 1.82) is 0 Å². The van der Waals surface area contributed by atoms with Gasteiger partial charge in [-0.3, -0.25) is 9.69 Å². The van der Waals surface area contributed by atoms with Crippen LogP contribution in [0.1, 0.15) is 48.9 Å². The molecule has 3 heterocycles. The summed E-state index contributed by atoms with van der Waals surface area (Å²) in [6, 6.07) is 8.78. The van der Waals surface area contributed by atoms with Crippen LogP contribution in [0.5, 0.6) is 0 Å². The predicted octanol–water partition coefficient (Wildman–Crippen LogP) is 2.00. The zero-order valence-electron chi connectivity index (χ0n) is 14.9. The molecule has 3 aliphatic rings. The number of amides is 1. The minimum atomic E-state index is -0.160. The maximum absolute atomic E-state index is 12.6. The summed E-state index contributed by atoms with van der Waals surface area (Å²) < 4.78 is 0. The summed E-state index contributed by atoms with van der Waals surface area (Å²) in [5.74, 6) is 0.0537. The van der Waals surface area contributed by atoms with Crippen molar-refractivity contribution in [2.75, 3.05) is 31.1 Å². The smallest absolute Gasteiger partial charge is 0.251 e. The summed E-state index contributed by atoms with van der Waals surface area (Å²) >= 11 is 0. The van der Waals surface area contributed by atoms with Gasteiger partial charge < -0.3 is 15.3 Å². The minimum Gasteiger partial charge on any atom is -0.393 e. The van der Waals surface area contributed by atoms with Gasteiger partial charge in [-0.1, -0.05) is 6.42 Å². The molecule has 5 nitrogen and oxygen atoms in total. The van der Waals surface area contributed by atoms with Gasteiger partial charge in [0.05, 0.1) is 6.10 Å². The number of carbonyl (C=O) groups is 1. The van der Waals surface area contributed by atoms with Crippen LogP contribution in [0, 0.1) is 0 Å². The number of carbonyl (C=O) groups excluding carboxylic acids is 1. The Morgan fingerprint density at radius 2 is 1.72 bits per heavy atom. The Morgan fingerprint density at radius 1 is 0.960 bits per heavy atom. The van der Waals surface area contributed by atoms with Crippen LogP contribution >= 0.6 is 0 Å². The van der Waals surface area contributed by atoms with Crippen LogP contribution < -0.4 is 10.2 Å². The van der Waals surface area contributed by atoms with E-state index >= 15 is 0 Å². The molecule has 0 aliphatic carbocycles. The number of fused-ring (bicyclic) bond motifs is 1. The van der Waals surface area contributed by atoms with Crippen molar-refractivity contribution in [3.05, 3.63) is 29.8 Å². The number of nitrogens with one attached hydrogen (secondary N) is 1. The second-order valence-electron chi connectivity index (χ2n) is 7.73. The first-order valence-electron chi connectivity index (χ1n) is 9.79. The number of rotatable bonds is 3. The lowest BCUT2D eigenvalue weighted by Crippen LogP contribution is -2.46. The summed E-state index contributed by atoms with van der Waals surface area (Å²) in [7, 11) is 0. The Labute approximate surface area is 150 Å². The van der Waals surface area contributed by atoms with Crippen LogP contribution in [-0.2, 0) is 0 Å². The van der Waals surface area contributed by atoms with Gasteiger partial charge in [-0.25, -0.2) is 0 Å². The molecule has 3 aliphatic heterocycles. The lowest BCUT2D eigenvalue weighted by atomic mass is 9.98.